The summed E-state index contributed by atoms with van der Waals surface area (Å²) in [4.78, 5) is 11.1. The Hall–Kier alpha value is -1.62. The smallest absolute Gasteiger partial charge is 0.258 e. The average Bonchev–Trinajstić information content (AvgIpc) is 2.41. The zero-order valence-electron chi connectivity index (χ0n) is 12.3. The maximum atomic E-state index is 14.0. The summed E-state index contributed by atoms with van der Waals surface area (Å²) in [6, 6.07) is 4.56. The number of hydrogen-bond donors (Lipinski definition) is 2. The number of primary amides is 1. The van der Waals surface area contributed by atoms with Gasteiger partial charge in [-0.15, -0.1) is 0 Å². The fraction of sp³-hybridized carbons (Fsp3) is 0.533. The molecule has 1 amide bonds. The van der Waals surface area contributed by atoms with Crippen LogP contribution >= 0.6 is 0 Å². The van der Waals surface area contributed by atoms with Gasteiger partial charge in [0.05, 0.1) is 0 Å². The summed E-state index contributed by atoms with van der Waals surface area (Å²) in [6.07, 6.45) is 0.716. The second-order valence-corrected chi connectivity index (χ2v) is 4.78. The predicted molar refractivity (Wildman–Crippen MR) is 77.0 cm³/mol. The van der Waals surface area contributed by atoms with Gasteiger partial charge in [0.25, 0.3) is 5.91 Å². The molecule has 3 N–H and O–H groups in total. The van der Waals surface area contributed by atoms with Gasteiger partial charge in [0, 0.05) is 17.7 Å². The van der Waals surface area contributed by atoms with Crippen LogP contribution < -0.4 is 15.8 Å². The van der Waals surface area contributed by atoms with Crippen molar-refractivity contribution in [3.05, 3.63) is 29.6 Å². The first-order chi connectivity index (χ1) is 9.49. The van der Waals surface area contributed by atoms with E-state index in [1.807, 2.05) is 6.92 Å². The van der Waals surface area contributed by atoms with Crippen molar-refractivity contribution in [3.63, 3.8) is 0 Å². The van der Waals surface area contributed by atoms with Crippen molar-refractivity contribution >= 4 is 5.91 Å². The highest BCUT2D eigenvalue weighted by molar-refractivity contribution is 5.79. The molecule has 1 aromatic rings. The Balaban J connectivity index is 2.79. The van der Waals surface area contributed by atoms with E-state index in [2.05, 4.69) is 12.2 Å². The molecule has 0 fully saturated rings. The number of benzene rings is 1. The minimum absolute atomic E-state index is 0.0675. The minimum atomic E-state index is -0.726. The van der Waals surface area contributed by atoms with Gasteiger partial charge >= 0.3 is 0 Å². The van der Waals surface area contributed by atoms with Gasteiger partial charge in [0.2, 0.25) is 0 Å². The highest BCUT2D eigenvalue weighted by Crippen LogP contribution is 2.23. The second-order valence-electron chi connectivity index (χ2n) is 4.78. The molecule has 0 saturated heterocycles. The van der Waals surface area contributed by atoms with Crippen LogP contribution in [0.1, 0.15) is 45.2 Å². The number of ether oxygens (including phenoxy) is 1. The topological polar surface area (TPSA) is 64.3 Å². The molecule has 0 heterocycles. The number of nitrogens with one attached hydrogen (secondary N) is 1. The van der Waals surface area contributed by atoms with Crippen LogP contribution in [0.3, 0.4) is 0 Å². The largest absolute Gasteiger partial charge is 0.481 e. The van der Waals surface area contributed by atoms with Gasteiger partial charge in [0.15, 0.2) is 6.10 Å². The van der Waals surface area contributed by atoms with Crippen molar-refractivity contribution < 1.29 is 13.9 Å². The Labute approximate surface area is 119 Å². The Morgan fingerprint density at radius 1 is 1.45 bits per heavy atom. The number of hydrogen-bond acceptors (Lipinski definition) is 3. The van der Waals surface area contributed by atoms with Crippen LogP contribution in [0.15, 0.2) is 18.2 Å². The third-order valence-electron chi connectivity index (χ3n) is 3.11. The second kappa shape index (κ2) is 7.85. The molecule has 2 atom stereocenters. The predicted octanol–water partition coefficient (Wildman–Crippen LogP) is 2.53. The summed E-state index contributed by atoms with van der Waals surface area (Å²) in [5, 5.41) is 3.22. The van der Waals surface area contributed by atoms with Crippen molar-refractivity contribution in [2.45, 2.75) is 45.8 Å². The summed E-state index contributed by atoms with van der Waals surface area (Å²) in [6.45, 7) is 6.59. The molecule has 1 rings (SSSR count). The van der Waals surface area contributed by atoms with Gasteiger partial charge in [-0.25, -0.2) is 4.39 Å². The summed E-state index contributed by atoms with van der Waals surface area (Å²) in [5.74, 6) is -0.576. The van der Waals surface area contributed by atoms with E-state index in [1.165, 1.54) is 6.07 Å². The van der Waals surface area contributed by atoms with Gasteiger partial charge in [0.1, 0.15) is 11.6 Å². The van der Waals surface area contributed by atoms with Crippen LogP contribution in [0.25, 0.3) is 0 Å². The van der Waals surface area contributed by atoms with Crippen molar-refractivity contribution in [2.24, 2.45) is 5.73 Å². The monoisotopic (exact) mass is 282 g/mol. The van der Waals surface area contributed by atoms with Crippen molar-refractivity contribution in [3.8, 4) is 5.75 Å². The Bertz CT molecular complexity index is 451. The van der Waals surface area contributed by atoms with E-state index in [1.54, 1.807) is 19.1 Å². The molecular weight excluding hydrogens is 259 g/mol. The van der Waals surface area contributed by atoms with Gasteiger partial charge in [-0.3, -0.25) is 4.79 Å². The fourth-order valence-electron chi connectivity index (χ4n) is 1.91. The molecule has 0 aliphatic heterocycles. The maximum absolute atomic E-state index is 14.0. The molecular formula is C15H23FN2O2. The molecule has 0 aliphatic carbocycles. The van der Waals surface area contributed by atoms with Crippen molar-refractivity contribution in [1.29, 1.82) is 0 Å². The quantitative estimate of drug-likeness (QED) is 0.770. The van der Waals surface area contributed by atoms with Crippen LogP contribution in [0.2, 0.25) is 0 Å². The van der Waals surface area contributed by atoms with E-state index in [4.69, 9.17) is 10.5 Å². The van der Waals surface area contributed by atoms with E-state index < -0.39 is 12.0 Å². The third-order valence-corrected chi connectivity index (χ3v) is 3.11. The maximum Gasteiger partial charge on any atom is 0.258 e. The molecule has 4 nitrogen and oxygen atoms in total. The minimum Gasteiger partial charge on any atom is -0.481 e. The van der Waals surface area contributed by atoms with Crippen molar-refractivity contribution in [1.82, 2.24) is 5.32 Å². The molecule has 0 bridgehead atoms. The summed E-state index contributed by atoms with van der Waals surface area (Å²) in [7, 11) is 0. The first-order valence-corrected chi connectivity index (χ1v) is 6.98. The van der Waals surface area contributed by atoms with Gasteiger partial charge < -0.3 is 15.8 Å². The lowest BCUT2D eigenvalue weighted by atomic mass is 10.1. The normalized spacial score (nSPS) is 13.8. The lowest BCUT2D eigenvalue weighted by molar-refractivity contribution is -0.124. The van der Waals surface area contributed by atoms with Gasteiger partial charge in [-0.1, -0.05) is 19.9 Å². The highest BCUT2D eigenvalue weighted by atomic mass is 19.1. The number of carbonyl (C=O) groups is 1. The molecule has 0 aromatic heterocycles. The number of amides is 1. The third kappa shape index (κ3) is 4.49. The van der Waals surface area contributed by atoms with Crippen LogP contribution in [-0.2, 0) is 4.79 Å². The number of nitrogens with two attached hydrogens (primary N) is 1. The van der Waals surface area contributed by atoms with Gasteiger partial charge in [-0.05, 0) is 32.4 Å². The molecule has 0 spiro atoms. The molecule has 5 heteroatoms. The van der Waals surface area contributed by atoms with Gasteiger partial charge in [-0.2, -0.15) is 0 Å². The Morgan fingerprint density at radius 2 is 2.15 bits per heavy atom. The van der Waals surface area contributed by atoms with Crippen LogP contribution in [0.5, 0.6) is 5.75 Å². The van der Waals surface area contributed by atoms with E-state index >= 15 is 0 Å². The standard InChI is InChI=1S/C15H23FN2O2/c1-4-8-18-10(3)12-7-6-11(9-13(12)16)20-14(5-2)15(17)19/h6-7,9-10,14,18H,4-5,8H2,1-3H3,(H2,17,19). The number of halogens is 1. The fourth-order valence-corrected chi connectivity index (χ4v) is 1.91. The molecule has 0 aliphatic rings. The SMILES string of the molecule is CCCNC(C)c1ccc(OC(CC)C(N)=O)cc1F. The van der Waals surface area contributed by atoms with E-state index in [0.29, 0.717) is 17.7 Å². The molecule has 20 heavy (non-hydrogen) atoms. The molecule has 2 unspecified atom stereocenters. The van der Waals surface area contributed by atoms with Crippen LogP contribution in [0.4, 0.5) is 4.39 Å². The zero-order valence-corrected chi connectivity index (χ0v) is 12.3. The Kier molecular flexibility index (Phi) is 6.45. The summed E-state index contributed by atoms with van der Waals surface area (Å²) >= 11 is 0. The number of rotatable bonds is 8. The van der Waals surface area contributed by atoms with Crippen molar-refractivity contribution in [2.75, 3.05) is 6.54 Å². The van der Waals surface area contributed by atoms with E-state index in [-0.39, 0.29) is 11.9 Å². The lowest BCUT2D eigenvalue weighted by Gasteiger charge is -2.17. The number of carbonyl (C=O) groups excluding carboxylic acids is 1. The van der Waals surface area contributed by atoms with Crippen LogP contribution in [-0.4, -0.2) is 18.6 Å². The Morgan fingerprint density at radius 3 is 2.65 bits per heavy atom. The highest BCUT2D eigenvalue weighted by Gasteiger charge is 2.16. The van der Waals surface area contributed by atoms with E-state index in [0.717, 1.165) is 13.0 Å². The summed E-state index contributed by atoms with van der Waals surface area (Å²) in [5.41, 5.74) is 5.78. The summed E-state index contributed by atoms with van der Waals surface area (Å²) < 4.78 is 19.4. The first kappa shape index (κ1) is 16.4. The molecule has 112 valence electrons. The molecule has 0 radical (unpaired) electrons. The molecule has 0 saturated carbocycles. The van der Waals surface area contributed by atoms with Crippen LogP contribution in [0, 0.1) is 5.82 Å². The zero-order chi connectivity index (χ0) is 15.1. The van der Waals surface area contributed by atoms with E-state index in [9.17, 15) is 9.18 Å². The average molecular weight is 282 g/mol. The first-order valence-electron chi connectivity index (χ1n) is 6.98. The lowest BCUT2D eigenvalue weighted by Crippen LogP contribution is -2.33. The molecule has 1 aromatic carbocycles.